The molecule has 20 heavy (non-hydrogen) atoms. The van der Waals surface area contributed by atoms with Gasteiger partial charge in [-0.25, -0.2) is 4.79 Å². The Morgan fingerprint density at radius 3 is 2.60 bits per heavy atom. The molecule has 2 fully saturated rings. The molecule has 0 radical (unpaired) electrons. The van der Waals surface area contributed by atoms with Crippen molar-refractivity contribution in [1.29, 1.82) is 0 Å². The molecule has 0 saturated carbocycles. The number of ether oxygens (including phenoxy) is 1. The molecule has 2 aliphatic rings. The van der Waals surface area contributed by atoms with Crippen molar-refractivity contribution in [3.05, 3.63) is 0 Å². The van der Waals surface area contributed by atoms with Crippen molar-refractivity contribution in [3.8, 4) is 0 Å². The Kier molecular flexibility index (Phi) is 4.52. The van der Waals surface area contributed by atoms with E-state index in [1.807, 2.05) is 7.05 Å². The first-order chi connectivity index (χ1) is 9.44. The average Bonchev–Trinajstić information content (AvgIpc) is 2.46. The average molecular weight is 284 g/mol. The van der Waals surface area contributed by atoms with Gasteiger partial charge in [-0.3, -0.25) is 4.79 Å². The second kappa shape index (κ2) is 5.99. The summed E-state index contributed by atoms with van der Waals surface area (Å²) in [4.78, 5) is 27.3. The summed E-state index contributed by atoms with van der Waals surface area (Å²) < 4.78 is 5.31. The van der Waals surface area contributed by atoms with Crippen molar-refractivity contribution in [2.24, 2.45) is 5.41 Å². The maximum absolute atomic E-state index is 12.5. The minimum atomic E-state index is -0.816. The predicted octanol–water partition coefficient (Wildman–Crippen LogP) is 1.40. The fourth-order valence-corrected chi connectivity index (χ4v) is 3.03. The summed E-state index contributed by atoms with van der Waals surface area (Å²) in [5.41, 5.74) is -0.815. The molecule has 1 unspecified atom stereocenters. The summed E-state index contributed by atoms with van der Waals surface area (Å²) in [6.45, 7) is 4.05. The third-order valence-corrected chi connectivity index (χ3v) is 4.52. The fourth-order valence-electron chi connectivity index (χ4n) is 3.03. The number of carbonyl (C=O) groups is 2. The first kappa shape index (κ1) is 15.1. The van der Waals surface area contributed by atoms with E-state index in [1.54, 1.807) is 16.7 Å². The van der Waals surface area contributed by atoms with Crippen molar-refractivity contribution in [3.63, 3.8) is 0 Å². The van der Waals surface area contributed by atoms with E-state index in [0.717, 1.165) is 19.3 Å². The molecule has 1 atom stereocenters. The number of rotatable bonds is 2. The highest BCUT2D eigenvalue weighted by Crippen LogP contribution is 2.30. The van der Waals surface area contributed by atoms with Crippen LogP contribution < -0.4 is 0 Å². The number of carbonyl (C=O) groups excluding carboxylic acids is 1. The smallest absolute Gasteiger partial charge is 0.320 e. The summed E-state index contributed by atoms with van der Waals surface area (Å²) in [6.07, 6.45) is 3.09. The molecular formula is C14H24N2O4. The topological polar surface area (TPSA) is 70.1 Å². The van der Waals surface area contributed by atoms with Crippen LogP contribution in [0.3, 0.4) is 0 Å². The van der Waals surface area contributed by atoms with Crippen LogP contribution in [0, 0.1) is 5.41 Å². The zero-order chi connectivity index (χ0) is 14.8. The summed E-state index contributed by atoms with van der Waals surface area (Å²) in [6, 6.07) is 0.151. The van der Waals surface area contributed by atoms with Gasteiger partial charge >= 0.3 is 12.0 Å². The van der Waals surface area contributed by atoms with Gasteiger partial charge in [0.1, 0.15) is 0 Å². The summed E-state index contributed by atoms with van der Waals surface area (Å²) in [5.74, 6) is -0.816. The number of aliphatic carboxylic acids is 1. The van der Waals surface area contributed by atoms with Crippen LogP contribution in [-0.4, -0.2) is 66.3 Å². The lowest BCUT2D eigenvalue weighted by Crippen LogP contribution is -2.54. The van der Waals surface area contributed by atoms with E-state index < -0.39 is 11.4 Å². The monoisotopic (exact) mass is 284 g/mol. The normalized spacial score (nSPS) is 28.2. The highest BCUT2D eigenvalue weighted by atomic mass is 16.5. The van der Waals surface area contributed by atoms with E-state index in [-0.39, 0.29) is 12.1 Å². The van der Waals surface area contributed by atoms with Gasteiger partial charge in [-0.1, -0.05) is 0 Å². The van der Waals surface area contributed by atoms with Crippen LogP contribution >= 0.6 is 0 Å². The number of likely N-dealkylation sites (tertiary alicyclic amines) is 1. The Hall–Kier alpha value is -1.30. The lowest BCUT2D eigenvalue weighted by atomic mass is 9.82. The Balaban J connectivity index is 1.99. The van der Waals surface area contributed by atoms with Gasteiger partial charge in [0.25, 0.3) is 0 Å². The van der Waals surface area contributed by atoms with E-state index >= 15 is 0 Å². The number of urea groups is 1. The molecule has 0 aromatic heterocycles. The molecule has 6 nitrogen and oxygen atoms in total. The third kappa shape index (κ3) is 3.06. The van der Waals surface area contributed by atoms with E-state index in [4.69, 9.17) is 4.74 Å². The summed E-state index contributed by atoms with van der Waals surface area (Å²) in [5, 5.41) is 9.32. The zero-order valence-corrected chi connectivity index (χ0v) is 12.3. The standard InChI is InChI=1S/C14H24N2O4/c1-14(12(17)18)6-3-7-16(10-14)13(19)15(2)11-4-8-20-9-5-11/h11H,3-10H2,1-2H3,(H,17,18). The van der Waals surface area contributed by atoms with Gasteiger partial charge in [-0.15, -0.1) is 0 Å². The van der Waals surface area contributed by atoms with Crippen LogP contribution in [0.5, 0.6) is 0 Å². The predicted molar refractivity (Wildman–Crippen MR) is 73.5 cm³/mol. The van der Waals surface area contributed by atoms with Gasteiger partial charge in [-0.2, -0.15) is 0 Å². The molecule has 0 spiro atoms. The van der Waals surface area contributed by atoms with Crippen molar-refractivity contribution < 1.29 is 19.4 Å². The molecule has 2 amide bonds. The highest BCUT2D eigenvalue weighted by Gasteiger charge is 2.40. The molecule has 2 saturated heterocycles. The number of piperidine rings is 1. The summed E-state index contributed by atoms with van der Waals surface area (Å²) >= 11 is 0. The number of carboxylic acid groups (broad SMARTS) is 1. The van der Waals surface area contributed by atoms with E-state index in [2.05, 4.69) is 0 Å². The molecule has 0 aromatic rings. The lowest BCUT2D eigenvalue weighted by Gasteiger charge is -2.41. The van der Waals surface area contributed by atoms with E-state index in [9.17, 15) is 14.7 Å². The maximum Gasteiger partial charge on any atom is 0.320 e. The molecule has 0 bridgehead atoms. The van der Waals surface area contributed by atoms with Crippen molar-refractivity contribution in [2.75, 3.05) is 33.4 Å². The molecular weight excluding hydrogens is 260 g/mol. The van der Waals surface area contributed by atoms with Gasteiger partial charge in [0.15, 0.2) is 0 Å². The number of hydrogen-bond acceptors (Lipinski definition) is 3. The zero-order valence-electron chi connectivity index (χ0n) is 12.3. The van der Waals surface area contributed by atoms with Gasteiger partial charge in [0.05, 0.1) is 5.41 Å². The molecule has 114 valence electrons. The second-order valence-corrected chi connectivity index (χ2v) is 6.13. The number of amides is 2. The highest BCUT2D eigenvalue weighted by molar-refractivity contribution is 5.78. The molecule has 6 heteroatoms. The maximum atomic E-state index is 12.5. The van der Waals surface area contributed by atoms with E-state index in [1.165, 1.54) is 0 Å². The van der Waals surface area contributed by atoms with Crippen LogP contribution in [0.15, 0.2) is 0 Å². The molecule has 0 aromatic carbocycles. The number of hydrogen-bond donors (Lipinski definition) is 1. The Morgan fingerprint density at radius 1 is 1.35 bits per heavy atom. The van der Waals surface area contributed by atoms with Gasteiger partial charge < -0.3 is 19.6 Å². The Morgan fingerprint density at radius 2 is 2.00 bits per heavy atom. The van der Waals surface area contributed by atoms with Crippen LogP contribution in [0.4, 0.5) is 4.79 Å². The molecule has 1 N–H and O–H groups in total. The minimum absolute atomic E-state index is 0.0518. The van der Waals surface area contributed by atoms with Crippen molar-refractivity contribution >= 4 is 12.0 Å². The largest absolute Gasteiger partial charge is 0.481 e. The SMILES string of the molecule is CN(C(=O)N1CCCC(C)(C(=O)O)C1)C1CCOCC1. The third-order valence-electron chi connectivity index (χ3n) is 4.52. The molecule has 0 aliphatic carbocycles. The van der Waals surface area contributed by atoms with Crippen molar-refractivity contribution in [1.82, 2.24) is 9.80 Å². The summed E-state index contributed by atoms with van der Waals surface area (Å²) in [7, 11) is 1.81. The Labute approximate surface area is 119 Å². The fraction of sp³-hybridized carbons (Fsp3) is 0.857. The minimum Gasteiger partial charge on any atom is -0.481 e. The first-order valence-corrected chi connectivity index (χ1v) is 7.27. The first-order valence-electron chi connectivity index (χ1n) is 7.27. The van der Waals surface area contributed by atoms with Crippen LogP contribution in [0.25, 0.3) is 0 Å². The van der Waals surface area contributed by atoms with Crippen molar-refractivity contribution in [2.45, 2.75) is 38.6 Å². The van der Waals surface area contributed by atoms with Crippen LogP contribution in [0.2, 0.25) is 0 Å². The van der Waals surface area contributed by atoms with Gasteiger partial charge in [0.2, 0.25) is 0 Å². The van der Waals surface area contributed by atoms with Crippen LogP contribution in [0.1, 0.15) is 32.6 Å². The number of nitrogens with zero attached hydrogens (tertiary/aromatic N) is 2. The molecule has 2 heterocycles. The Bertz CT molecular complexity index is 381. The van der Waals surface area contributed by atoms with Gasteiger partial charge in [0, 0.05) is 39.4 Å². The van der Waals surface area contributed by atoms with Gasteiger partial charge in [-0.05, 0) is 32.6 Å². The number of carboxylic acids is 1. The lowest BCUT2D eigenvalue weighted by molar-refractivity contribution is -0.150. The van der Waals surface area contributed by atoms with Crippen LogP contribution in [-0.2, 0) is 9.53 Å². The quantitative estimate of drug-likeness (QED) is 0.832. The molecule has 2 rings (SSSR count). The van der Waals surface area contributed by atoms with E-state index in [0.29, 0.717) is 32.7 Å². The molecule has 2 aliphatic heterocycles. The second-order valence-electron chi connectivity index (χ2n) is 6.13.